The van der Waals surface area contributed by atoms with E-state index < -0.39 is 29.4 Å². The van der Waals surface area contributed by atoms with Gasteiger partial charge in [0.2, 0.25) is 5.91 Å². The van der Waals surface area contributed by atoms with E-state index in [1.54, 1.807) is 0 Å². The third-order valence-corrected chi connectivity index (χ3v) is 6.22. The standard InChI is InChI=1S/C25H16F4N4O3S/c26-14-5-9-16(10-6-14)33-23(35)22-21(18-3-1-2-4-19(18)31-22)32-24(33)37-13-20(34)30-15-7-11-17(12-8-15)36-25(27,28)29/h1-12,31H,13H2,(H,30,34). The van der Waals surface area contributed by atoms with Crippen molar-refractivity contribution in [2.45, 2.75) is 11.5 Å². The highest BCUT2D eigenvalue weighted by Crippen LogP contribution is 2.27. The predicted molar refractivity (Wildman–Crippen MR) is 132 cm³/mol. The summed E-state index contributed by atoms with van der Waals surface area (Å²) >= 11 is 0.984. The number of hydrogen-bond donors (Lipinski definition) is 2. The Hall–Kier alpha value is -4.32. The number of H-pyrrole nitrogens is 1. The summed E-state index contributed by atoms with van der Waals surface area (Å²) in [6, 6.07) is 17.2. The molecule has 12 heteroatoms. The van der Waals surface area contributed by atoms with Crippen LogP contribution < -0.4 is 15.6 Å². The molecule has 0 saturated carbocycles. The zero-order valence-corrected chi connectivity index (χ0v) is 19.5. The lowest BCUT2D eigenvalue weighted by Gasteiger charge is -2.12. The average molecular weight is 528 g/mol. The topological polar surface area (TPSA) is 89.0 Å². The number of carbonyl (C=O) groups excluding carboxylic acids is 1. The van der Waals surface area contributed by atoms with Gasteiger partial charge in [-0.05, 0) is 54.6 Å². The van der Waals surface area contributed by atoms with Crippen molar-refractivity contribution in [1.29, 1.82) is 0 Å². The molecule has 2 aromatic heterocycles. The van der Waals surface area contributed by atoms with E-state index in [4.69, 9.17) is 0 Å². The van der Waals surface area contributed by atoms with Crippen molar-refractivity contribution >= 4 is 45.3 Å². The van der Waals surface area contributed by atoms with E-state index >= 15 is 0 Å². The number of benzene rings is 3. The van der Waals surface area contributed by atoms with E-state index in [9.17, 15) is 27.2 Å². The lowest BCUT2D eigenvalue weighted by molar-refractivity contribution is -0.274. The van der Waals surface area contributed by atoms with Crippen molar-refractivity contribution in [3.05, 3.63) is 89.0 Å². The van der Waals surface area contributed by atoms with Gasteiger partial charge in [-0.3, -0.25) is 14.2 Å². The second-order valence-electron chi connectivity index (χ2n) is 7.81. The fourth-order valence-corrected chi connectivity index (χ4v) is 4.53. The van der Waals surface area contributed by atoms with E-state index in [-0.39, 0.29) is 22.1 Å². The molecule has 37 heavy (non-hydrogen) atoms. The third-order valence-electron chi connectivity index (χ3n) is 5.28. The molecule has 7 nitrogen and oxygen atoms in total. The van der Waals surface area contributed by atoms with Gasteiger partial charge in [0.25, 0.3) is 5.56 Å². The summed E-state index contributed by atoms with van der Waals surface area (Å²) in [5.74, 6) is -1.54. The first kappa shape index (κ1) is 24.4. The molecule has 0 saturated heterocycles. The van der Waals surface area contributed by atoms with Crippen LogP contribution in [0.3, 0.4) is 0 Å². The molecule has 0 bridgehead atoms. The number of hydrogen-bond acceptors (Lipinski definition) is 5. The van der Waals surface area contributed by atoms with Gasteiger partial charge < -0.3 is 15.0 Å². The zero-order valence-electron chi connectivity index (χ0n) is 18.7. The predicted octanol–water partition coefficient (Wildman–Crippen LogP) is 5.64. The van der Waals surface area contributed by atoms with Crippen LogP contribution in [0.5, 0.6) is 5.75 Å². The molecule has 0 unspecified atom stereocenters. The van der Waals surface area contributed by atoms with Crippen LogP contribution in [0.2, 0.25) is 0 Å². The Morgan fingerprint density at radius 1 is 1.03 bits per heavy atom. The number of aromatic nitrogens is 3. The van der Waals surface area contributed by atoms with Crippen LogP contribution in [0.1, 0.15) is 0 Å². The molecule has 0 aliphatic heterocycles. The summed E-state index contributed by atoms with van der Waals surface area (Å²) in [5, 5.41) is 3.51. The normalized spacial score (nSPS) is 11.7. The van der Waals surface area contributed by atoms with E-state index in [0.29, 0.717) is 16.7 Å². The molecular weight excluding hydrogens is 512 g/mol. The number of rotatable bonds is 6. The van der Waals surface area contributed by atoms with Crippen LogP contribution in [0.25, 0.3) is 27.6 Å². The van der Waals surface area contributed by atoms with Crippen LogP contribution in [-0.4, -0.2) is 32.6 Å². The van der Waals surface area contributed by atoms with Gasteiger partial charge in [-0.25, -0.2) is 9.37 Å². The number of thioether (sulfide) groups is 1. The quantitative estimate of drug-likeness (QED) is 0.169. The number of nitrogens with one attached hydrogen (secondary N) is 2. The summed E-state index contributed by atoms with van der Waals surface area (Å²) in [6.45, 7) is 0. The van der Waals surface area contributed by atoms with Gasteiger partial charge in [-0.1, -0.05) is 30.0 Å². The maximum absolute atomic E-state index is 13.5. The van der Waals surface area contributed by atoms with Gasteiger partial charge in [-0.15, -0.1) is 13.2 Å². The van der Waals surface area contributed by atoms with Gasteiger partial charge in [0, 0.05) is 16.6 Å². The number of alkyl halides is 3. The minimum Gasteiger partial charge on any atom is -0.406 e. The summed E-state index contributed by atoms with van der Waals surface area (Å²) in [7, 11) is 0. The second-order valence-corrected chi connectivity index (χ2v) is 8.76. The number of para-hydroxylation sites is 1. The molecule has 0 radical (unpaired) electrons. The molecule has 5 aromatic rings. The van der Waals surface area contributed by atoms with Crippen molar-refractivity contribution in [3.8, 4) is 11.4 Å². The monoisotopic (exact) mass is 528 g/mol. The average Bonchev–Trinajstić information content (AvgIpc) is 3.23. The number of ether oxygens (including phenoxy) is 1. The number of halogens is 4. The van der Waals surface area contributed by atoms with Crippen LogP contribution in [-0.2, 0) is 4.79 Å². The van der Waals surface area contributed by atoms with E-state index in [2.05, 4.69) is 20.0 Å². The number of anilines is 1. The smallest absolute Gasteiger partial charge is 0.406 e. The zero-order chi connectivity index (χ0) is 26.2. The minimum absolute atomic E-state index is 0.164. The van der Waals surface area contributed by atoms with Gasteiger partial charge in [0.15, 0.2) is 5.16 Å². The molecular formula is C25H16F4N4O3S. The molecule has 5 rings (SSSR count). The summed E-state index contributed by atoms with van der Waals surface area (Å²) in [6.07, 6.45) is -4.82. The molecule has 0 spiro atoms. The van der Waals surface area contributed by atoms with Gasteiger partial charge in [-0.2, -0.15) is 0 Å². The minimum atomic E-state index is -4.82. The Morgan fingerprint density at radius 2 is 1.73 bits per heavy atom. The first-order chi connectivity index (χ1) is 17.7. The Balaban J connectivity index is 1.43. The molecule has 0 atom stereocenters. The van der Waals surface area contributed by atoms with Crippen molar-refractivity contribution in [3.63, 3.8) is 0 Å². The number of carbonyl (C=O) groups is 1. The van der Waals surface area contributed by atoms with Crippen LogP contribution >= 0.6 is 11.8 Å². The first-order valence-electron chi connectivity index (χ1n) is 10.8. The molecule has 0 fully saturated rings. The maximum atomic E-state index is 13.5. The summed E-state index contributed by atoms with van der Waals surface area (Å²) < 4.78 is 55.6. The number of aromatic amines is 1. The van der Waals surface area contributed by atoms with Crippen LogP contribution in [0.4, 0.5) is 23.2 Å². The Bertz CT molecular complexity index is 1660. The van der Waals surface area contributed by atoms with Crippen molar-refractivity contribution < 1.29 is 27.1 Å². The number of amides is 1. The molecule has 2 N–H and O–H groups in total. The molecule has 3 aromatic carbocycles. The number of fused-ring (bicyclic) bond motifs is 3. The van der Waals surface area contributed by atoms with Crippen LogP contribution in [0.15, 0.2) is 82.7 Å². The van der Waals surface area contributed by atoms with E-state index in [1.165, 1.54) is 41.0 Å². The molecule has 0 aliphatic rings. The van der Waals surface area contributed by atoms with Crippen molar-refractivity contribution in [1.82, 2.24) is 14.5 Å². The Labute approximate surface area is 210 Å². The van der Waals surface area contributed by atoms with Crippen molar-refractivity contribution in [2.24, 2.45) is 0 Å². The highest BCUT2D eigenvalue weighted by Gasteiger charge is 2.31. The SMILES string of the molecule is O=C(CSc1nc2c([nH]c3ccccc32)c(=O)n1-c1ccc(F)cc1)Nc1ccc(OC(F)(F)F)cc1. The van der Waals surface area contributed by atoms with Gasteiger partial charge in [0.1, 0.15) is 22.6 Å². The molecule has 188 valence electrons. The van der Waals surface area contributed by atoms with Gasteiger partial charge >= 0.3 is 6.36 Å². The van der Waals surface area contributed by atoms with Gasteiger partial charge in [0.05, 0.1) is 11.4 Å². The largest absolute Gasteiger partial charge is 0.573 e. The summed E-state index contributed by atoms with van der Waals surface area (Å²) in [4.78, 5) is 33.8. The maximum Gasteiger partial charge on any atom is 0.573 e. The molecule has 0 aliphatic carbocycles. The Morgan fingerprint density at radius 3 is 2.43 bits per heavy atom. The first-order valence-corrected chi connectivity index (χ1v) is 11.7. The fourth-order valence-electron chi connectivity index (χ4n) is 3.72. The van der Waals surface area contributed by atoms with E-state index in [0.717, 1.165) is 29.3 Å². The lowest BCUT2D eigenvalue weighted by atomic mass is 10.2. The highest BCUT2D eigenvalue weighted by molar-refractivity contribution is 7.99. The van der Waals surface area contributed by atoms with E-state index in [1.807, 2.05) is 24.3 Å². The summed E-state index contributed by atoms with van der Waals surface area (Å²) in [5.41, 5.74) is 1.61. The lowest BCUT2D eigenvalue weighted by Crippen LogP contribution is -2.23. The third kappa shape index (κ3) is 5.28. The highest BCUT2D eigenvalue weighted by atomic mass is 32.2. The molecule has 1 amide bonds. The van der Waals surface area contributed by atoms with Crippen LogP contribution in [0, 0.1) is 5.82 Å². The Kier molecular flexibility index (Phi) is 6.34. The molecule has 2 heterocycles. The second kappa shape index (κ2) is 9.62. The number of nitrogens with zero attached hydrogens (tertiary/aromatic N) is 2. The fraction of sp³-hybridized carbons (Fsp3) is 0.0800. The van der Waals surface area contributed by atoms with Crippen molar-refractivity contribution in [2.75, 3.05) is 11.1 Å².